The molecule has 108 valence electrons. The quantitative estimate of drug-likeness (QED) is 0.457. The number of halogens is 1. The number of unbranched alkanes of at least 4 members (excludes halogenated alkanes) is 1. The maximum absolute atomic E-state index is 11.9. The Balaban J connectivity index is 2.74. The van der Waals surface area contributed by atoms with Crippen LogP contribution < -0.4 is 0 Å². The predicted molar refractivity (Wildman–Crippen MR) is 78.2 cm³/mol. The lowest BCUT2D eigenvalue weighted by Crippen LogP contribution is -2.12. The fraction of sp³-hybridized carbons (Fsp3) is 0.571. The van der Waals surface area contributed by atoms with E-state index in [1.165, 1.54) is 0 Å². The minimum atomic E-state index is -3.65. The molecule has 1 aromatic carbocycles. The maximum atomic E-state index is 11.9. The number of benzene rings is 1. The molecule has 5 heteroatoms. The van der Waals surface area contributed by atoms with Crippen molar-refractivity contribution < 1.29 is 12.6 Å². The molecular formula is C14H21ClO3S. The fourth-order valence-electron chi connectivity index (χ4n) is 1.55. The summed E-state index contributed by atoms with van der Waals surface area (Å²) < 4.78 is 28.8. The normalized spacial score (nSPS) is 12.6. The molecule has 0 amide bonds. The van der Waals surface area contributed by atoms with Gasteiger partial charge in [0.05, 0.1) is 11.5 Å². The molecule has 0 heterocycles. The highest BCUT2D eigenvalue weighted by Crippen LogP contribution is 2.24. The van der Waals surface area contributed by atoms with Gasteiger partial charge in [0, 0.05) is 5.88 Å². The van der Waals surface area contributed by atoms with Crippen molar-refractivity contribution in [2.75, 3.05) is 12.5 Å². The third-order valence-corrected chi connectivity index (χ3v) is 4.37. The molecule has 0 unspecified atom stereocenters. The van der Waals surface area contributed by atoms with Gasteiger partial charge in [0.15, 0.2) is 0 Å². The van der Waals surface area contributed by atoms with E-state index in [9.17, 15) is 8.42 Å². The van der Waals surface area contributed by atoms with Gasteiger partial charge in [-0.15, -0.1) is 11.6 Å². The van der Waals surface area contributed by atoms with E-state index in [2.05, 4.69) is 20.8 Å². The highest BCUT2D eigenvalue weighted by Gasteiger charge is 2.18. The summed E-state index contributed by atoms with van der Waals surface area (Å²) in [6.07, 6.45) is 1.39. The Morgan fingerprint density at radius 3 is 2.16 bits per heavy atom. The fourth-order valence-corrected chi connectivity index (χ4v) is 2.69. The summed E-state index contributed by atoms with van der Waals surface area (Å²) in [5, 5.41) is 0. The average molecular weight is 305 g/mol. The Labute approximate surface area is 121 Å². The zero-order valence-corrected chi connectivity index (χ0v) is 13.2. The van der Waals surface area contributed by atoms with Gasteiger partial charge in [-0.1, -0.05) is 32.9 Å². The number of hydrogen-bond acceptors (Lipinski definition) is 3. The molecule has 0 aromatic heterocycles. The highest BCUT2D eigenvalue weighted by molar-refractivity contribution is 7.86. The van der Waals surface area contributed by atoms with Gasteiger partial charge in [0.25, 0.3) is 10.1 Å². The minimum absolute atomic E-state index is 0.00347. The van der Waals surface area contributed by atoms with Crippen molar-refractivity contribution >= 4 is 21.7 Å². The van der Waals surface area contributed by atoms with E-state index in [4.69, 9.17) is 15.8 Å². The molecule has 1 rings (SSSR count). The molecule has 0 aliphatic carbocycles. The summed E-state index contributed by atoms with van der Waals surface area (Å²) in [4.78, 5) is 0.200. The first-order valence-electron chi connectivity index (χ1n) is 6.33. The molecule has 0 N–H and O–H groups in total. The summed E-state index contributed by atoms with van der Waals surface area (Å²) >= 11 is 5.52. The van der Waals surface area contributed by atoms with Gasteiger partial charge < -0.3 is 0 Å². The summed E-state index contributed by atoms with van der Waals surface area (Å²) in [6, 6.07) is 6.85. The van der Waals surface area contributed by atoms with E-state index in [0.29, 0.717) is 12.3 Å². The molecule has 19 heavy (non-hydrogen) atoms. The van der Waals surface area contributed by atoms with E-state index in [0.717, 1.165) is 12.0 Å². The van der Waals surface area contributed by atoms with Crippen LogP contribution >= 0.6 is 11.6 Å². The molecule has 0 aliphatic rings. The van der Waals surface area contributed by atoms with Gasteiger partial charge in [-0.25, -0.2) is 0 Å². The Kier molecular flexibility index (Phi) is 5.83. The van der Waals surface area contributed by atoms with Crippen molar-refractivity contribution in [3.05, 3.63) is 29.8 Å². The van der Waals surface area contributed by atoms with E-state index >= 15 is 0 Å². The first-order chi connectivity index (χ1) is 8.77. The van der Waals surface area contributed by atoms with Gasteiger partial charge in [-0.05, 0) is 36.0 Å². The molecule has 0 saturated carbocycles. The molecule has 0 atom stereocenters. The second kappa shape index (κ2) is 6.73. The first kappa shape index (κ1) is 16.5. The van der Waals surface area contributed by atoms with Gasteiger partial charge in [-0.3, -0.25) is 4.18 Å². The summed E-state index contributed by atoms with van der Waals surface area (Å²) in [7, 11) is -3.65. The third kappa shape index (κ3) is 5.13. The molecule has 0 radical (unpaired) electrons. The van der Waals surface area contributed by atoms with Crippen LogP contribution in [0.15, 0.2) is 29.2 Å². The SMILES string of the molecule is CC(C)(C)c1ccc(S(=O)(=O)OCCCCCl)cc1. The molecule has 0 fully saturated rings. The van der Waals surface area contributed by atoms with Crippen LogP contribution in [0.5, 0.6) is 0 Å². The average Bonchev–Trinajstić information content (AvgIpc) is 2.34. The Hall–Kier alpha value is -0.580. The summed E-state index contributed by atoms with van der Waals surface area (Å²) in [5.41, 5.74) is 1.09. The van der Waals surface area contributed by atoms with Gasteiger partial charge in [0.2, 0.25) is 0 Å². The van der Waals surface area contributed by atoms with Crippen LogP contribution in [0.2, 0.25) is 0 Å². The lowest BCUT2D eigenvalue weighted by atomic mass is 9.87. The second-order valence-electron chi connectivity index (χ2n) is 5.45. The van der Waals surface area contributed by atoms with Crippen molar-refractivity contribution in [3.8, 4) is 0 Å². The smallest absolute Gasteiger partial charge is 0.266 e. The molecule has 0 spiro atoms. The molecule has 0 aliphatic heterocycles. The van der Waals surface area contributed by atoms with Crippen LogP contribution in [-0.4, -0.2) is 20.9 Å². The molecule has 3 nitrogen and oxygen atoms in total. The zero-order valence-electron chi connectivity index (χ0n) is 11.6. The second-order valence-corrected chi connectivity index (χ2v) is 7.44. The van der Waals surface area contributed by atoms with Crippen molar-refractivity contribution in [1.29, 1.82) is 0 Å². The monoisotopic (exact) mass is 304 g/mol. The maximum Gasteiger partial charge on any atom is 0.296 e. The Bertz CT molecular complexity index is 486. The Morgan fingerprint density at radius 1 is 1.11 bits per heavy atom. The van der Waals surface area contributed by atoms with Gasteiger partial charge in [-0.2, -0.15) is 8.42 Å². The standard InChI is InChI=1S/C14H21ClO3S/c1-14(2,3)12-6-8-13(9-7-12)19(16,17)18-11-5-4-10-15/h6-9H,4-5,10-11H2,1-3H3. The van der Waals surface area contributed by atoms with Crippen LogP contribution in [0, 0.1) is 0 Å². The molecular weight excluding hydrogens is 284 g/mol. The number of rotatable bonds is 6. The molecule has 0 bridgehead atoms. The largest absolute Gasteiger partial charge is 0.296 e. The van der Waals surface area contributed by atoms with Crippen LogP contribution in [0.1, 0.15) is 39.2 Å². The highest BCUT2D eigenvalue weighted by atomic mass is 35.5. The van der Waals surface area contributed by atoms with Crippen molar-refractivity contribution in [3.63, 3.8) is 0 Å². The van der Waals surface area contributed by atoms with Crippen LogP contribution in [0.25, 0.3) is 0 Å². The van der Waals surface area contributed by atoms with E-state index in [-0.39, 0.29) is 16.9 Å². The predicted octanol–water partition coefficient (Wildman–Crippen LogP) is 3.71. The van der Waals surface area contributed by atoms with Crippen LogP contribution in [0.4, 0.5) is 0 Å². The van der Waals surface area contributed by atoms with Crippen molar-refractivity contribution in [1.82, 2.24) is 0 Å². The summed E-state index contributed by atoms with van der Waals surface area (Å²) in [5.74, 6) is 0.518. The topological polar surface area (TPSA) is 43.4 Å². The van der Waals surface area contributed by atoms with E-state index < -0.39 is 10.1 Å². The summed E-state index contributed by atoms with van der Waals surface area (Å²) in [6.45, 7) is 6.42. The van der Waals surface area contributed by atoms with Crippen LogP contribution in [-0.2, 0) is 19.7 Å². The van der Waals surface area contributed by atoms with E-state index in [1.807, 2.05) is 12.1 Å². The number of alkyl halides is 1. The zero-order chi connectivity index (χ0) is 14.5. The van der Waals surface area contributed by atoms with Crippen molar-refractivity contribution in [2.45, 2.75) is 43.9 Å². The van der Waals surface area contributed by atoms with E-state index in [1.54, 1.807) is 12.1 Å². The first-order valence-corrected chi connectivity index (χ1v) is 8.27. The van der Waals surface area contributed by atoms with Gasteiger partial charge >= 0.3 is 0 Å². The molecule has 1 aromatic rings. The Morgan fingerprint density at radius 2 is 1.68 bits per heavy atom. The van der Waals surface area contributed by atoms with Gasteiger partial charge in [0.1, 0.15) is 0 Å². The lowest BCUT2D eigenvalue weighted by Gasteiger charge is -2.19. The van der Waals surface area contributed by atoms with Crippen LogP contribution in [0.3, 0.4) is 0 Å². The molecule has 0 saturated heterocycles. The minimum Gasteiger partial charge on any atom is -0.266 e. The third-order valence-electron chi connectivity index (χ3n) is 2.78. The lowest BCUT2D eigenvalue weighted by molar-refractivity contribution is 0.311. The number of hydrogen-bond donors (Lipinski definition) is 0. The van der Waals surface area contributed by atoms with Crippen molar-refractivity contribution in [2.24, 2.45) is 0 Å².